The number of carbonyl (C=O) groups is 1. The molecule has 0 fully saturated rings. The van der Waals surface area contributed by atoms with E-state index < -0.39 is 12.7 Å². The number of halogens is 2. The zero-order valence-corrected chi connectivity index (χ0v) is 14.0. The fourth-order valence-electron chi connectivity index (χ4n) is 3.27. The number of carbonyl (C=O) groups excluding carboxylic acids is 1. The second-order valence-electron chi connectivity index (χ2n) is 6.09. The molecular formula is C18H21F2N3O2. The number of para-hydroxylation sites is 1. The van der Waals surface area contributed by atoms with E-state index in [1.807, 2.05) is 6.92 Å². The first-order valence-corrected chi connectivity index (χ1v) is 8.50. The summed E-state index contributed by atoms with van der Waals surface area (Å²) in [5, 5.41) is 10.0. The fraction of sp³-hybridized carbons (Fsp3) is 0.444. The van der Waals surface area contributed by atoms with Crippen LogP contribution in [0.3, 0.4) is 0 Å². The highest BCUT2D eigenvalue weighted by Crippen LogP contribution is 2.29. The highest BCUT2D eigenvalue weighted by Gasteiger charge is 2.25. The summed E-state index contributed by atoms with van der Waals surface area (Å²) in [7, 11) is 0. The van der Waals surface area contributed by atoms with Gasteiger partial charge in [-0.2, -0.15) is 13.9 Å². The van der Waals surface area contributed by atoms with Crippen molar-refractivity contribution in [3.8, 4) is 5.75 Å². The molecule has 1 unspecified atom stereocenters. The average molecular weight is 349 g/mol. The summed E-state index contributed by atoms with van der Waals surface area (Å²) in [6.45, 7) is -1.03. The van der Waals surface area contributed by atoms with Crippen molar-refractivity contribution in [3.63, 3.8) is 0 Å². The molecule has 1 aromatic carbocycles. The molecule has 0 spiro atoms. The third-order valence-corrected chi connectivity index (χ3v) is 4.50. The second kappa shape index (κ2) is 7.63. The van der Waals surface area contributed by atoms with Crippen LogP contribution >= 0.6 is 0 Å². The number of alkyl halides is 2. The van der Waals surface area contributed by atoms with Gasteiger partial charge in [-0.15, -0.1) is 0 Å². The first kappa shape index (κ1) is 17.4. The van der Waals surface area contributed by atoms with Gasteiger partial charge in [0, 0.05) is 16.8 Å². The van der Waals surface area contributed by atoms with E-state index in [0.29, 0.717) is 17.7 Å². The summed E-state index contributed by atoms with van der Waals surface area (Å²) in [5.74, 6) is -0.216. The molecule has 0 bridgehead atoms. The van der Waals surface area contributed by atoms with Crippen LogP contribution in [0.25, 0.3) is 0 Å². The van der Waals surface area contributed by atoms with E-state index in [1.54, 1.807) is 18.2 Å². The van der Waals surface area contributed by atoms with Gasteiger partial charge in [-0.3, -0.25) is 9.89 Å². The van der Waals surface area contributed by atoms with E-state index in [4.69, 9.17) is 0 Å². The summed E-state index contributed by atoms with van der Waals surface area (Å²) >= 11 is 0. The van der Waals surface area contributed by atoms with Crippen molar-refractivity contribution in [1.29, 1.82) is 0 Å². The number of amides is 1. The number of rotatable bonds is 6. The number of fused-ring (bicyclic) bond motifs is 1. The lowest BCUT2D eigenvalue weighted by molar-refractivity contribution is -0.0506. The smallest absolute Gasteiger partial charge is 0.387 e. The standard InChI is InChI=1S/C18H21F2N3O2/c1-2-13(11-7-4-6-10-15(11)25-18(19)20)21-17(24)16-12-8-3-5-9-14(12)22-23-16/h4,6-7,10,13,18H,2-3,5,8-9H2,1H3,(H,21,24)(H,22,23). The van der Waals surface area contributed by atoms with Crippen molar-refractivity contribution < 1.29 is 18.3 Å². The Hall–Kier alpha value is -2.44. The van der Waals surface area contributed by atoms with Crippen molar-refractivity contribution in [1.82, 2.24) is 15.5 Å². The molecule has 5 nitrogen and oxygen atoms in total. The molecule has 0 saturated heterocycles. The first-order valence-electron chi connectivity index (χ1n) is 8.50. The average Bonchev–Trinajstić information content (AvgIpc) is 3.04. The number of benzene rings is 1. The highest BCUT2D eigenvalue weighted by molar-refractivity contribution is 5.94. The largest absolute Gasteiger partial charge is 0.434 e. The highest BCUT2D eigenvalue weighted by atomic mass is 19.3. The fourth-order valence-corrected chi connectivity index (χ4v) is 3.27. The van der Waals surface area contributed by atoms with Crippen molar-refractivity contribution >= 4 is 5.91 Å². The van der Waals surface area contributed by atoms with Crippen LogP contribution in [-0.4, -0.2) is 22.7 Å². The van der Waals surface area contributed by atoms with Gasteiger partial charge in [-0.05, 0) is 38.2 Å². The van der Waals surface area contributed by atoms with Crippen LogP contribution in [0.1, 0.15) is 59.5 Å². The van der Waals surface area contributed by atoms with Gasteiger partial charge in [0.1, 0.15) is 5.75 Å². The lowest BCUT2D eigenvalue weighted by Crippen LogP contribution is -2.30. The minimum absolute atomic E-state index is 0.0775. The van der Waals surface area contributed by atoms with Crippen LogP contribution in [0.2, 0.25) is 0 Å². The zero-order valence-electron chi connectivity index (χ0n) is 14.0. The summed E-state index contributed by atoms with van der Waals surface area (Å²) in [5.41, 5.74) is 2.92. The number of aromatic nitrogens is 2. The number of H-pyrrole nitrogens is 1. The van der Waals surface area contributed by atoms with Gasteiger partial charge >= 0.3 is 6.61 Å². The Morgan fingerprint density at radius 2 is 2.08 bits per heavy atom. The number of ether oxygens (including phenoxy) is 1. The molecule has 0 saturated carbocycles. The minimum atomic E-state index is -2.91. The molecule has 1 aliphatic rings. The Bertz CT molecular complexity index is 746. The quantitative estimate of drug-likeness (QED) is 0.834. The van der Waals surface area contributed by atoms with Gasteiger partial charge in [0.05, 0.1) is 6.04 Å². The van der Waals surface area contributed by atoms with Crippen molar-refractivity contribution in [2.24, 2.45) is 0 Å². The number of nitrogens with one attached hydrogen (secondary N) is 2. The van der Waals surface area contributed by atoms with Crippen molar-refractivity contribution in [2.45, 2.75) is 51.7 Å². The SMILES string of the molecule is CCC(NC(=O)c1n[nH]c2c1CCCC2)c1ccccc1OC(F)F. The molecule has 1 atom stereocenters. The zero-order chi connectivity index (χ0) is 17.8. The van der Waals surface area contributed by atoms with Gasteiger partial charge in [-0.25, -0.2) is 0 Å². The van der Waals surface area contributed by atoms with Crippen LogP contribution in [0.15, 0.2) is 24.3 Å². The molecule has 2 aromatic rings. The first-order chi connectivity index (χ1) is 12.1. The third-order valence-electron chi connectivity index (χ3n) is 4.50. The van der Waals surface area contributed by atoms with Crippen LogP contribution in [0, 0.1) is 0 Å². The van der Waals surface area contributed by atoms with E-state index in [0.717, 1.165) is 36.9 Å². The van der Waals surface area contributed by atoms with Crippen molar-refractivity contribution in [2.75, 3.05) is 0 Å². The minimum Gasteiger partial charge on any atom is -0.434 e. The molecule has 1 aliphatic carbocycles. The summed E-state index contributed by atoms with van der Waals surface area (Å²) in [4.78, 5) is 12.7. The van der Waals surface area contributed by atoms with E-state index in [2.05, 4.69) is 20.3 Å². The van der Waals surface area contributed by atoms with Gasteiger partial charge in [0.2, 0.25) is 0 Å². The summed E-state index contributed by atoms with van der Waals surface area (Å²) in [6.07, 6.45) is 4.40. The number of hydrogen-bond donors (Lipinski definition) is 2. The summed E-state index contributed by atoms with van der Waals surface area (Å²) in [6, 6.07) is 6.09. The van der Waals surface area contributed by atoms with Crippen LogP contribution < -0.4 is 10.1 Å². The maximum absolute atomic E-state index is 12.7. The number of aryl methyl sites for hydroxylation is 1. The lowest BCUT2D eigenvalue weighted by Gasteiger charge is -2.20. The molecule has 1 aromatic heterocycles. The number of aromatic amines is 1. The Labute approximate surface area is 144 Å². The third kappa shape index (κ3) is 3.81. The van der Waals surface area contributed by atoms with E-state index in [9.17, 15) is 13.6 Å². The summed E-state index contributed by atoms with van der Waals surface area (Å²) < 4.78 is 29.8. The second-order valence-corrected chi connectivity index (χ2v) is 6.09. The van der Waals surface area contributed by atoms with Gasteiger partial charge in [0.25, 0.3) is 5.91 Å². The molecule has 0 radical (unpaired) electrons. The molecule has 1 heterocycles. The van der Waals surface area contributed by atoms with Crippen LogP contribution in [0.4, 0.5) is 8.78 Å². The maximum atomic E-state index is 12.7. The van der Waals surface area contributed by atoms with Crippen LogP contribution in [-0.2, 0) is 12.8 Å². The Balaban J connectivity index is 1.81. The molecule has 2 N–H and O–H groups in total. The number of hydrogen-bond acceptors (Lipinski definition) is 3. The van der Waals surface area contributed by atoms with E-state index in [1.165, 1.54) is 6.07 Å². The predicted octanol–water partition coefficient (Wildman–Crippen LogP) is 3.77. The number of nitrogens with zero attached hydrogens (tertiary/aromatic N) is 1. The molecule has 3 rings (SSSR count). The molecular weight excluding hydrogens is 328 g/mol. The molecule has 0 aliphatic heterocycles. The van der Waals surface area contributed by atoms with Crippen molar-refractivity contribution in [3.05, 3.63) is 46.8 Å². The topological polar surface area (TPSA) is 67.0 Å². The van der Waals surface area contributed by atoms with E-state index >= 15 is 0 Å². The molecule has 1 amide bonds. The van der Waals surface area contributed by atoms with E-state index in [-0.39, 0.29) is 11.7 Å². The predicted molar refractivity (Wildman–Crippen MR) is 88.8 cm³/mol. The Kier molecular flexibility index (Phi) is 5.31. The molecule has 25 heavy (non-hydrogen) atoms. The monoisotopic (exact) mass is 349 g/mol. The molecule has 134 valence electrons. The lowest BCUT2D eigenvalue weighted by atomic mass is 9.95. The van der Waals surface area contributed by atoms with Gasteiger partial charge in [-0.1, -0.05) is 25.1 Å². The Morgan fingerprint density at radius 3 is 2.84 bits per heavy atom. The normalized spacial score (nSPS) is 14.9. The molecule has 7 heteroatoms. The maximum Gasteiger partial charge on any atom is 0.387 e. The van der Waals surface area contributed by atoms with Gasteiger partial charge in [0.15, 0.2) is 5.69 Å². The van der Waals surface area contributed by atoms with Gasteiger partial charge < -0.3 is 10.1 Å². The Morgan fingerprint density at radius 1 is 1.32 bits per heavy atom. The van der Waals surface area contributed by atoms with Crippen LogP contribution in [0.5, 0.6) is 5.75 Å².